The van der Waals surface area contributed by atoms with E-state index < -0.39 is 0 Å². The highest BCUT2D eigenvalue weighted by atomic mass is 35.5. The van der Waals surface area contributed by atoms with E-state index in [9.17, 15) is 9.59 Å². The Labute approximate surface area is 156 Å². The van der Waals surface area contributed by atoms with Crippen molar-refractivity contribution in [3.63, 3.8) is 0 Å². The third kappa shape index (κ3) is 3.48. The van der Waals surface area contributed by atoms with Gasteiger partial charge in [0.2, 0.25) is 0 Å². The monoisotopic (exact) mass is 378 g/mol. The number of amides is 2. The van der Waals surface area contributed by atoms with Gasteiger partial charge in [-0.15, -0.1) is 0 Å². The van der Waals surface area contributed by atoms with Crippen LogP contribution in [0.3, 0.4) is 0 Å². The largest absolute Gasteiger partial charge is 0.493 e. The van der Waals surface area contributed by atoms with Crippen LogP contribution in [-0.2, 0) is 0 Å². The van der Waals surface area contributed by atoms with E-state index in [1.807, 2.05) is 0 Å². The number of carbonyl (C=O) groups excluding carboxylic acids is 2. The molecule has 0 atom stereocenters. The van der Waals surface area contributed by atoms with Gasteiger partial charge in [-0.05, 0) is 24.3 Å². The summed E-state index contributed by atoms with van der Waals surface area (Å²) in [6.45, 7) is 1.73. The van der Waals surface area contributed by atoms with Gasteiger partial charge in [-0.1, -0.05) is 11.6 Å². The molecule has 1 aliphatic rings. The fourth-order valence-electron chi connectivity index (χ4n) is 2.89. The van der Waals surface area contributed by atoms with Crippen molar-refractivity contribution in [1.29, 1.82) is 0 Å². The molecular weight excluding hydrogens is 360 g/mol. The van der Waals surface area contributed by atoms with Gasteiger partial charge >= 0.3 is 0 Å². The Kier molecular flexibility index (Phi) is 5.37. The molecule has 0 spiro atoms. The summed E-state index contributed by atoms with van der Waals surface area (Å²) < 4.78 is 15.6. The summed E-state index contributed by atoms with van der Waals surface area (Å²) in [6, 6.07) is 6.47. The quantitative estimate of drug-likeness (QED) is 0.817. The molecule has 2 heterocycles. The number of hydrogen-bond donors (Lipinski definition) is 0. The van der Waals surface area contributed by atoms with Crippen LogP contribution in [0, 0.1) is 0 Å². The van der Waals surface area contributed by atoms with Gasteiger partial charge in [0, 0.05) is 31.7 Å². The second kappa shape index (κ2) is 7.70. The number of ether oxygens (including phenoxy) is 2. The van der Waals surface area contributed by atoms with Crippen LogP contribution in [0.25, 0.3) is 0 Å². The highest BCUT2D eigenvalue weighted by Gasteiger charge is 2.27. The first-order valence-corrected chi connectivity index (χ1v) is 8.46. The van der Waals surface area contributed by atoms with E-state index in [-0.39, 0.29) is 11.8 Å². The summed E-state index contributed by atoms with van der Waals surface area (Å²) in [6.07, 6.45) is 1.47. The Bertz CT molecular complexity index is 798. The number of benzene rings is 1. The van der Waals surface area contributed by atoms with E-state index in [0.29, 0.717) is 54.0 Å². The first kappa shape index (κ1) is 18.1. The second-order valence-electron chi connectivity index (χ2n) is 5.76. The van der Waals surface area contributed by atoms with E-state index in [2.05, 4.69) is 0 Å². The normalized spacial score (nSPS) is 14.3. The van der Waals surface area contributed by atoms with Gasteiger partial charge in [-0.3, -0.25) is 9.59 Å². The molecule has 0 radical (unpaired) electrons. The third-order valence-corrected chi connectivity index (χ3v) is 4.55. The third-order valence-electron chi connectivity index (χ3n) is 4.27. The van der Waals surface area contributed by atoms with Gasteiger partial charge < -0.3 is 23.7 Å². The maximum Gasteiger partial charge on any atom is 0.289 e. The molecule has 8 heteroatoms. The Morgan fingerprint density at radius 3 is 2.23 bits per heavy atom. The molecule has 138 valence electrons. The zero-order chi connectivity index (χ0) is 18.7. The summed E-state index contributed by atoms with van der Waals surface area (Å²) in [5.74, 6) is 0.750. The molecule has 0 aliphatic carbocycles. The fourth-order valence-corrected chi connectivity index (χ4v) is 3.18. The van der Waals surface area contributed by atoms with E-state index in [4.69, 9.17) is 25.5 Å². The molecule has 1 aromatic carbocycles. The molecule has 0 N–H and O–H groups in total. The lowest BCUT2D eigenvalue weighted by atomic mass is 10.1. The van der Waals surface area contributed by atoms with Crippen molar-refractivity contribution < 1.29 is 23.5 Å². The van der Waals surface area contributed by atoms with E-state index in [0.717, 1.165) is 0 Å². The molecule has 1 aliphatic heterocycles. The molecule has 2 aromatic rings. The Hall–Kier alpha value is -2.67. The molecule has 0 saturated carbocycles. The number of carbonyl (C=O) groups is 2. The lowest BCUT2D eigenvalue weighted by Gasteiger charge is -2.34. The second-order valence-corrected chi connectivity index (χ2v) is 6.16. The zero-order valence-corrected chi connectivity index (χ0v) is 15.3. The topological polar surface area (TPSA) is 72.2 Å². The Morgan fingerprint density at radius 1 is 1.04 bits per heavy atom. The van der Waals surface area contributed by atoms with Crippen LogP contribution in [0.15, 0.2) is 34.9 Å². The first-order chi connectivity index (χ1) is 12.5. The van der Waals surface area contributed by atoms with Crippen molar-refractivity contribution in [3.8, 4) is 11.5 Å². The molecule has 3 rings (SSSR count). The average Bonchev–Trinajstić information content (AvgIpc) is 3.21. The van der Waals surface area contributed by atoms with E-state index in [1.54, 1.807) is 34.1 Å². The van der Waals surface area contributed by atoms with Gasteiger partial charge in [-0.25, -0.2) is 0 Å². The molecule has 0 bridgehead atoms. The SMILES string of the molecule is COc1cc(C(=O)N2CCN(C(=O)c3ccco3)CC2)cc(Cl)c1OC. The van der Waals surface area contributed by atoms with Crippen molar-refractivity contribution in [2.75, 3.05) is 40.4 Å². The highest BCUT2D eigenvalue weighted by molar-refractivity contribution is 6.32. The molecule has 1 fully saturated rings. The standard InChI is InChI=1S/C18H19ClN2O5/c1-24-15-11-12(10-13(19)16(15)25-2)17(22)20-5-7-21(8-6-20)18(23)14-4-3-9-26-14/h3-4,9-11H,5-8H2,1-2H3. The summed E-state index contributed by atoms with van der Waals surface area (Å²) in [5, 5.41) is 0.307. The zero-order valence-electron chi connectivity index (χ0n) is 14.5. The predicted octanol–water partition coefficient (Wildman–Crippen LogP) is 2.55. The minimum atomic E-state index is -0.170. The van der Waals surface area contributed by atoms with Gasteiger partial charge in [0.15, 0.2) is 17.3 Å². The first-order valence-electron chi connectivity index (χ1n) is 8.08. The molecule has 2 amide bonds. The minimum absolute atomic E-state index is 0.169. The number of rotatable bonds is 4. The molecule has 0 unspecified atom stereocenters. The minimum Gasteiger partial charge on any atom is -0.493 e. The van der Waals surface area contributed by atoms with E-state index >= 15 is 0 Å². The van der Waals surface area contributed by atoms with Crippen LogP contribution in [0.4, 0.5) is 0 Å². The van der Waals surface area contributed by atoms with E-state index in [1.165, 1.54) is 20.5 Å². The van der Waals surface area contributed by atoms with Crippen molar-refractivity contribution in [1.82, 2.24) is 9.80 Å². The molecule has 26 heavy (non-hydrogen) atoms. The van der Waals surface area contributed by atoms with Crippen molar-refractivity contribution in [3.05, 3.63) is 46.9 Å². The smallest absolute Gasteiger partial charge is 0.289 e. The van der Waals surface area contributed by atoms with Gasteiger partial charge in [0.05, 0.1) is 25.5 Å². The van der Waals surface area contributed by atoms with Crippen LogP contribution in [0.2, 0.25) is 5.02 Å². The van der Waals surface area contributed by atoms with Crippen molar-refractivity contribution in [2.45, 2.75) is 0 Å². The maximum absolute atomic E-state index is 12.8. The fraction of sp³-hybridized carbons (Fsp3) is 0.333. The lowest BCUT2D eigenvalue weighted by molar-refractivity contribution is 0.0518. The maximum atomic E-state index is 12.8. The molecule has 1 saturated heterocycles. The number of halogens is 1. The number of furan rings is 1. The van der Waals surface area contributed by atoms with Gasteiger partial charge in [0.1, 0.15) is 0 Å². The summed E-state index contributed by atoms with van der Waals surface area (Å²) in [7, 11) is 2.97. The number of methoxy groups -OCH3 is 2. The number of hydrogen-bond acceptors (Lipinski definition) is 5. The van der Waals surface area contributed by atoms with Crippen LogP contribution in [0.5, 0.6) is 11.5 Å². The average molecular weight is 379 g/mol. The summed E-state index contributed by atoms with van der Waals surface area (Å²) >= 11 is 6.18. The molecule has 7 nitrogen and oxygen atoms in total. The lowest BCUT2D eigenvalue weighted by Crippen LogP contribution is -2.50. The number of piperazine rings is 1. The van der Waals surface area contributed by atoms with Crippen LogP contribution in [-0.4, -0.2) is 62.0 Å². The Balaban J connectivity index is 1.69. The van der Waals surface area contributed by atoms with Crippen LogP contribution < -0.4 is 9.47 Å². The van der Waals surface area contributed by atoms with Crippen molar-refractivity contribution in [2.24, 2.45) is 0 Å². The van der Waals surface area contributed by atoms with Crippen LogP contribution in [0.1, 0.15) is 20.9 Å². The van der Waals surface area contributed by atoms with Gasteiger partial charge in [-0.2, -0.15) is 0 Å². The predicted molar refractivity (Wildman–Crippen MR) is 95.1 cm³/mol. The van der Waals surface area contributed by atoms with Crippen molar-refractivity contribution >= 4 is 23.4 Å². The van der Waals surface area contributed by atoms with Crippen LogP contribution >= 0.6 is 11.6 Å². The Morgan fingerprint density at radius 2 is 1.69 bits per heavy atom. The molecule has 1 aromatic heterocycles. The molecular formula is C18H19ClN2O5. The number of nitrogens with zero attached hydrogens (tertiary/aromatic N) is 2. The highest BCUT2D eigenvalue weighted by Crippen LogP contribution is 2.36. The van der Waals surface area contributed by atoms with Gasteiger partial charge in [0.25, 0.3) is 11.8 Å². The summed E-state index contributed by atoms with van der Waals surface area (Å²) in [4.78, 5) is 28.4. The summed E-state index contributed by atoms with van der Waals surface area (Å²) in [5.41, 5.74) is 0.415.